The SMILES string of the molecule is COCc1nc([C@@H]2CCCCN2Cc2ccccc2C)n[nH]1. The van der Waals surface area contributed by atoms with Gasteiger partial charge in [0.2, 0.25) is 0 Å². The quantitative estimate of drug-likeness (QED) is 0.922. The number of piperidine rings is 1. The first-order chi connectivity index (χ1) is 10.8. The first-order valence-corrected chi connectivity index (χ1v) is 7.96. The average molecular weight is 300 g/mol. The van der Waals surface area contributed by atoms with Gasteiger partial charge in [0, 0.05) is 13.7 Å². The molecular formula is C17H24N4O. The maximum atomic E-state index is 5.12. The summed E-state index contributed by atoms with van der Waals surface area (Å²) in [6, 6.07) is 8.91. The Kier molecular flexibility index (Phi) is 4.85. The zero-order chi connectivity index (χ0) is 15.4. The molecule has 1 aromatic heterocycles. The number of nitrogens with one attached hydrogen (secondary N) is 1. The summed E-state index contributed by atoms with van der Waals surface area (Å²) >= 11 is 0. The van der Waals surface area contributed by atoms with E-state index in [2.05, 4.69) is 51.3 Å². The molecule has 0 bridgehead atoms. The summed E-state index contributed by atoms with van der Waals surface area (Å²) in [5.41, 5.74) is 2.74. The summed E-state index contributed by atoms with van der Waals surface area (Å²) in [7, 11) is 1.67. The molecule has 2 heterocycles. The Balaban J connectivity index is 1.77. The number of nitrogens with zero attached hydrogens (tertiary/aromatic N) is 3. The minimum Gasteiger partial charge on any atom is -0.377 e. The fourth-order valence-corrected chi connectivity index (χ4v) is 3.14. The smallest absolute Gasteiger partial charge is 0.167 e. The minimum absolute atomic E-state index is 0.301. The van der Waals surface area contributed by atoms with Gasteiger partial charge in [-0.15, -0.1) is 0 Å². The number of benzene rings is 1. The summed E-state index contributed by atoms with van der Waals surface area (Å²) in [4.78, 5) is 7.11. The zero-order valence-electron chi connectivity index (χ0n) is 13.4. The number of aryl methyl sites for hydroxylation is 1. The maximum Gasteiger partial charge on any atom is 0.167 e. The highest BCUT2D eigenvalue weighted by molar-refractivity contribution is 5.25. The van der Waals surface area contributed by atoms with Crippen LogP contribution in [0.5, 0.6) is 0 Å². The Bertz CT molecular complexity index is 610. The summed E-state index contributed by atoms with van der Waals surface area (Å²) < 4.78 is 5.12. The molecule has 0 saturated carbocycles. The number of aromatic amines is 1. The summed E-state index contributed by atoms with van der Waals surface area (Å²) in [6.07, 6.45) is 3.61. The van der Waals surface area contributed by atoms with Gasteiger partial charge in [-0.1, -0.05) is 30.7 Å². The second-order valence-corrected chi connectivity index (χ2v) is 5.98. The van der Waals surface area contributed by atoms with Gasteiger partial charge in [-0.05, 0) is 37.4 Å². The van der Waals surface area contributed by atoms with E-state index >= 15 is 0 Å². The average Bonchev–Trinajstić information content (AvgIpc) is 2.99. The molecule has 22 heavy (non-hydrogen) atoms. The van der Waals surface area contributed by atoms with Gasteiger partial charge in [0.1, 0.15) is 6.61 Å². The molecule has 3 rings (SSSR count). The van der Waals surface area contributed by atoms with Crippen molar-refractivity contribution in [1.29, 1.82) is 0 Å². The molecule has 1 saturated heterocycles. The predicted octanol–water partition coefficient (Wildman–Crippen LogP) is 2.99. The lowest BCUT2D eigenvalue weighted by molar-refractivity contribution is 0.133. The molecule has 1 aromatic carbocycles. The highest BCUT2D eigenvalue weighted by Crippen LogP contribution is 2.30. The first-order valence-electron chi connectivity index (χ1n) is 7.96. The fourth-order valence-electron chi connectivity index (χ4n) is 3.14. The largest absolute Gasteiger partial charge is 0.377 e. The van der Waals surface area contributed by atoms with Crippen molar-refractivity contribution < 1.29 is 4.74 Å². The van der Waals surface area contributed by atoms with Crippen LogP contribution in [-0.4, -0.2) is 33.7 Å². The number of rotatable bonds is 5. The van der Waals surface area contributed by atoms with Gasteiger partial charge in [0.25, 0.3) is 0 Å². The van der Waals surface area contributed by atoms with Gasteiger partial charge < -0.3 is 4.74 Å². The Morgan fingerprint density at radius 1 is 1.32 bits per heavy atom. The Morgan fingerprint density at radius 3 is 3.00 bits per heavy atom. The lowest BCUT2D eigenvalue weighted by Crippen LogP contribution is -2.33. The molecule has 1 N–H and O–H groups in total. The summed E-state index contributed by atoms with van der Waals surface area (Å²) in [5, 5.41) is 7.40. The van der Waals surface area contributed by atoms with E-state index in [1.54, 1.807) is 7.11 Å². The van der Waals surface area contributed by atoms with Gasteiger partial charge in [-0.25, -0.2) is 4.98 Å². The van der Waals surface area contributed by atoms with Crippen molar-refractivity contribution >= 4 is 0 Å². The number of hydrogen-bond acceptors (Lipinski definition) is 4. The second-order valence-electron chi connectivity index (χ2n) is 5.98. The third kappa shape index (κ3) is 3.36. The molecule has 1 atom stereocenters. The normalized spacial score (nSPS) is 19.5. The topological polar surface area (TPSA) is 54.0 Å². The van der Waals surface area contributed by atoms with Crippen molar-refractivity contribution in [2.75, 3.05) is 13.7 Å². The van der Waals surface area contributed by atoms with E-state index in [4.69, 9.17) is 4.74 Å². The lowest BCUT2D eigenvalue weighted by atomic mass is 9.99. The van der Waals surface area contributed by atoms with Crippen LogP contribution >= 0.6 is 0 Å². The molecule has 0 unspecified atom stereocenters. The number of hydrogen-bond donors (Lipinski definition) is 1. The molecule has 118 valence electrons. The second kappa shape index (κ2) is 7.03. The maximum absolute atomic E-state index is 5.12. The lowest BCUT2D eigenvalue weighted by Gasteiger charge is -2.34. The van der Waals surface area contributed by atoms with Crippen LogP contribution in [-0.2, 0) is 17.9 Å². The highest BCUT2D eigenvalue weighted by atomic mass is 16.5. The molecule has 2 aromatic rings. The molecular weight excluding hydrogens is 276 g/mol. The van der Waals surface area contributed by atoms with Gasteiger partial charge >= 0.3 is 0 Å². The van der Waals surface area contributed by atoms with E-state index in [1.807, 2.05) is 0 Å². The monoisotopic (exact) mass is 300 g/mol. The van der Waals surface area contributed by atoms with Crippen LogP contribution < -0.4 is 0 Å². The zero-order valence-corrected chi connectivity index (χ0v) is 13.4. The van der Waals surface area contributed by atoms with Crippen molar-refractivity contribution in [3.8, 4) is 0 Å². The summed E-state index contributed by atoms with van der Waals surface area (Å²) in [5.74, 6) is 1.71. The third-order valence-corrected chi connectivity index (χ3v) is 4.38. The van der Waals surface area contributed by atoms with Crippen LogP contribution in [0, 0.1) is 6.92 Å². The predicted molar refractivity (Wildman–Crippen MR) is 85.3 cm³/mol. The van der Waals surface area contributed by atoms with Crippen molar-refractivity contribution in [1.82, 2.24) is 20.1 Å². The van der Waals surface area contributed by atoms with E-state index in [-0.39, 0.29) is 0 Å². The van der Waals surface area contributed by atoms with Crippen LogP contribution in [0.1, 0.15) is 48.1 Å². The van der Waals surface area contributed by atoms with Crippen molar-refractivity contribution in [2.45, 2.75) is 45.4 Å². The van der Waals surface area contributed by atoms with E-state index in [1.165, 1.54) is 24.0 Å². The van der Waals surface area contributed by atoms with Crippen molar-refractivity contribution in [2.24, 2.45) is 0 Å². The molecule has 0 amide bonds. The number of H-pyrrole nitrogens is 1. The minimum atomic E-state index is 0.301. The molecule has 0 spiro atoms. The fraction of sp³-hybridized carbons (Fsp3) is 0.529. The summed E-state index contributed by atoms with van der Waals surface area (Å²) in [6.45, 7) is 4.73. The van der Waals surface area contributed by atoms with Crippen LogP contribution in [0.3, 0.4) is 0 Å². The third-order valence-electron chi connectivity index (χ3n) is 4.38. The Hall–Kier alpha value is -1.72. The van der Waals surface area contributed by atoms with Crippen LogP contribution in [0.25, 0.3) is 0 Å². The molecule has 5 heteroatoms. The van der Waals surface area contributed by atoms with Gasteiger partial charge in [-0.2, -0.15) is 5.10 Å². The number of methoxy groups -OCH3 is 1. The first kappa shape index (κ1) is 15.2. The Morgan fingerprint density at radius 2 is 2.18 bits per heavy atom. The van der Waals surface area contributed by atoms with Crippen molar-refractivity contribution in [3.05, 3.63) is 47.0 Å². The standard InChI is InChI=1S/C17H24N4O/c1-13-7-3-4-8-14(13)11-21-10-6-5-9-15(21)17-18-16(12-22-2)19-20-17/h3-4,7-8,15H,5-6,9-12H2,1-2H3,(H,18,19,20)/t15-/m0/s1. The van der Waals surface area contributed by atoms with E-state index in [0.29, 0.717) is 12.6 Å². The van der Waals surface area contributed by atoms with Crippen LogP contribution in [0.2, 0.25) is 0 Å². The van der Waals surface area contributed by atoms with E-state index < -0.39 is 0 Å². The van der Waals surface area contributed by atoms with Gasteiger partial charge in [-0.3, -0.25) is 10.00 Å². The molecule has 5 nitrogen and oxygen atoms in total. The molecule has 1 fully saturated rings. The number of likely N-dealkylation sites (tertiary alicyclic amines) is 1. The van der Waals surface area contributed by atoms with Crippen molar-refractivity contribution in [3.63, 3.8) is 0 Å². The van der Waals surface area contributed by atoms with Crippen LogP contribution in [0.15, 0.2) is 24.3 Å². The van der Waals surface area contributed by atoms with Gasteiger partial charge in [0.05, 0.1) is 6.04 Å². The molecule has 0 aliphatic carbocycles. The Labute approximate surface area is 131 Å². The van der Waals surface area contributed by atoms with Crippen LogP contribution in [0.4, 0.5) is 0 Å². The molecule has 0 radical (unpaired) electrons. The van der Waals surface area contributed by atoms with Gasteiger partial charge in [0.15, 0.2) is 11.6 Å². The van der Waals surface area contributed by atoms with E-state index in [9.17, 15) is 0 Å². The molecule has 1 aliphatic heterocycles. The highest BCUT2D eigenvalue weighted by Gasteiger charge is 2.27. The number of aromatic nitrogens is 3. The number of ether oxygens (including phenoxy) is 1. The molecule has 1 aliphatic rings. The van der Waals surface area contributed by atoms with E-state index in [0.717, 1.165) is 31.2 Å².